The maximum absolute atomic E-state index is 6.38. The van der Waals surface area contributed by atoms with E-state index in [4.69, 9.17) is 30.5 Å². The van der Waals surface area contributed by atoms with Gasteiger partial charge in [0.1, 0.15) is 6.10 Å². The highest BCUT2D eigenvalue weighted by Crippen LogP contribution is 2.36. The lowest BCUT2D eigenvalue weighted by molar-refractivity contribution is -0.0817. The zero-order valence-corrected chi connectivity index (χ0v) is 20.4. The number of benzene rings is 1. The minimum absolute atomic E-state index is 0. The van der Waals surface area contributed by atoms with Gasteiger partial charge in [-0.05, 0) is 37.5 Å². The summed E-state index contributed by atoms with van der Waals surface area (Å²) in [7, 11) is 3.41. The zero-order chi connectivity index (χ0) is 19.9. The molecule has 1 N–H and O–H groups in total. The molecule has 2 aliphatic heterocycles. The molecule has 3 rings (SSSR count). The van der Waals surface area contributed by atoms with Crippen LogP contribution in [0.25, 0.3) is 0 Å². The number of guanidine groups is 1. The van der Waals surface area contributed by atoms with Gasteiger partial charge in [-0.15, -0.1) is 24.0 Å². The summed E-state index contributed by atoms with van der Waals surface area (Å²) in [5.41, 5.74) is 0.996. The van der Waals surface area contributed by atoms with Gasteiger partial charge in [0.05, 0.1) is 31.5 Å². The van der Waals surface area contributed by atoms with Gasteiger partial charge in [-0.3, -0.25) is 4.99 Å². The molecule has 164 valence electrons. The topological polar surface area (TPSA) is 64.6 Å². The fourth-order valence-corrected chi connectivity index (χ4v) is 3.95. The summed E-state index contributed by atoms with van der Waals surface area (Å²) in [5.74, 6) is 2.05. The van der Waals surface area contributed by atoms with Gasteiger partial charge in [-0.2, -0.15) is 0 Å². The Balaban J connectivity index is 0.00000300. The molecule has 9 heteroatoms. The number of ether oxygens (including phenoxy) is 4. The summed E-state index contributed by atoms with van der Waals surface area (Å²) in [6, 6.07) is 3.83. The van der Waals surface area contributed by atoms with Crippen molar-refractivity contribution in [3.63, 3.8) is 0 Å². The minimum Gasteiger partial charge on any atom is -0.493 e. The first-order chi connectivity index (χ1) is 13.7. The van der Waals surface area contributed by atoms with Crippen LogP contribution in [0.2, 0.25) is 5.02 Å². The highest BCUT2D eigenvalue weighted by atomic mass is 127. The molecule has 0 aromatic heterocycles. The quantitative estimate of drug-likeness (QED) is 0.340. The number of aliphatic imine (C=N–C) groups is 1. The predicted octanol–water partition coefficient (Wildman–Crippen LogP) is 3.32. The normalized spacial score (nSPS) is 22.2. The third-order valence-electron chi connectivity index (χ3n) is 5.01. The highest BCUT2D eigenvalue weighted by molar-refractivity contribution is 14.0. The largest absolute Gasteiger partial charge is 0.493 e. The number of hydrogen-bond acceptors (Lipinski definition) is 5. The molecule has 2 fully saturated rings. The van der Waals surface area contributed by atoms with E-state index in [2.05, 4.69) is 15.2 Å². The molecule has 2 saturated heterocycles. The number of hydrogen-bond donors (Lipinski definition) is 1. The molecule has 0 saturated carbocycles. The molecule has 1 aromatic carbocycles. The number of nitrogens with one attached hydrogen (secondary N) is 1. The summed E-state index contributed by atoms with van der Waals surface area (Å²) in [5, 5.41) is 3.96. The molecule has 29 heavy (non-hydrogen) atoms. The number of nitrogens with zero attached hydrogens (tertiary/aromatic N) is 2. The summed E-state index contributed by atoms with van der Waals surface area (Å²) < 4.78 is 22.7. The van der Waals surface area contributed by atoms with Crippen molar-refractivity contribution in [1.29, 1.82) is 0 Å². The van der Waals surface area contributed by atoms with E-state index in [0.29, 0.717) is 36.3 Å². The maximum atomic E-state index is 6.38. The fourth-order valence-electron chi connectivity index (χ4n) is 3.66. The number of halogens is 2. The molecule has 0 bridgehead atoms. The Kier molecular flexibility index (Phi) is 10.1. The maximum Gasteiger partial charge on any atom is 0.194 e. The van der Waals surface area contributed by atoms with Crippen molar-refractivity contribution in [3.05, 3.63) is 22.7 Å². The number of rotatable bonds is 6. The lowest BCUT2D eigenvalue weighted by atomic mass is 10.1. The molecule has 0 amide bonds. The molecule has 7 nitrogen and oxygen atoms in total. The van der Waals surface area contributed by atoms with E-state index >= 15 is 0 Å². The average Bonchev–Trinajstić information content (AvgIpc) is 3.25. The van der Waals surface area contributed by atoms with Crippen LogP contribution in [0.3, 0.4) is 0 Å². The molecule has 2 aliphatic rings. The van der Waals surface area contributed by atoms with E-state index in [1.54, 1.807) is 14.2 Å². The van der Waals surface area contributed by atoms with Crippen molar-refractivity contribution >= 4 is 41.5 Å². The van der Waals surface area contributed by atoms with Gasteiger partial charge in [-0.25, -0.2) is 0 Å². The molecule has 0 aliphatic carbocycles. The van der Waals surface area contributed by atoms with Gasteiger partial charge >= 0.3 is 0 Å². The molecule has 0 spiro atoms. The van der Waals surface area contributed by atoms with E-state index < -0.39 is 0 Å². The molecule has 1 aromatic rings. The van der Waals surface area contributed by atoms with Crippen LogP contribution in [0.1, 0.15) is 25.3 Å². The van der Waals surface area contributed by atoms with Gasteiger partial charge in [0, 0.05) is 33.3 Å². The van der Waals surface area contributed by atoms with E-state index in [9.17, 15) is 0 Å². The first-order valence-electron chi connectivity index (χ1n) is 9.84. The summed E-state index contributed by atoms with van der Waals surface area (Å²) in [6.07, 6.45) is 2.46. The van der Waals surface area contributed by atoms with Crippen molar-refractivity contribution in [2.75, 3.05) is 47.1 Å². The number of methoxy groups -OCH3 is 1. The van der Waals surface area contributed by atoms with Crippen molar-refractivity contribution in [2.45, 2.75) is 38.5 Å². The Morgan fingerprint density at radius 3 is 2.76 bits per heavy atom. The molecule has 0 radical (unpaired) electrons. The summed E-state index contributed by atoms with van der Waals surface area (Å²) in [4.78, 5) is 6.67. The first kappa shape index (κ1) is 24.3. The van der Waals surface area contributed by atoms with Crippen molar-refractivity contribution in [3.8, 4) is 11.5 Å². The lowest BCUT2D eigenvalue weighted by Gasteiger charge is -2.37. The standard InChI is InChI=1S/C20H30ClN3O4.HI/c1-4-26-19-15(21)10-14(11-17(19)25-3)12-23-20(22-2)24-7-9-28-18(13-24)16-6-5-8-27-16;/h10-11,16,18H,4-9,12-13H2,1-3H3,(H,22,23);1H. The lowest BCUT2D eigenvalue weighted by Crippen LogP contribution is -2.53. The zero-order valence-electron chi connectivity index (χ0n) is 17.3. The second-order valence-corrected chi connectivity index (χ2v) is 7.26. The van der Waals surface area contributed by atoms with Crippen LogP contribution in [0, 0.1) is 0 Å². The third-order valence-corrected chi connectivity index (χ3v) is 5.29. The third kappa shape index (κ3) is 6.26. The van der Waals surface area contributed by atoms with Gasteiger partial charge in [-0.1, -0.05) is 11.6 Å². The summed E-state index contributed by atoms with van der Waals surface area (Å²) in [6.45, 7) is 6.11. The van der Waals surface area contributed by atoms with Crippen LogP contribution >= 0.6 is 35.6 Å². The second kappa shape index (κ2) is 12.0. The van der Waals surface area contributed by atoms with Crippen LogP contribution in [-0.4, -0.2) is 70.1 Å². The predicted molar refractivity (Wildman–Crippen MR) is 125 cm³/mol. The van der Waals surface area contributed by atoms with Crippen LogP contribution in [-0.2, 0) is 16.0 Å². The fraction of sp³-hybridized carbons (Fsp3) is 0.650. The van der Waals surface area contributed by atoms with Gasteiger partial charge in [0.2, 0.25) is 0 Å². The highest BCUT2D eigenvalue weighted by Gasteiger charge is 2.32. The summed E-state index contributed by atoms with van der Waals surface area (Å²) >= 11 is 6.38. The molecule has 2 heterocycles. The Morgan fingerprint density at radius 1 is 1.31 bits per heavy atom. The molecule has 2 unspecified atom stereocenters. The minimum atomic E-state index is 0. The first-order valence-corrected chi connectivity index (χ1v) is 10.2. The van der Waals surface area contributed by atoms with Gasteiger partial charge in [0.25, 0.3) is 0 Å². The van der Waals surface area contributed by atoms with Crippen molar-refractivity contribution < 1.29 is 18.9 Å². The Labute approximate surface area is 195 Å². The van der Waals surface area contributed by atoms with Gasteiger partial charge in [0.15, 0.2) is 17.5 Å². The Morgan fingerprint density at radius 2 is 2.10 bits per heavy atom. The van der Waals surface area contributed by atoms with Crippen LogP contribution in [0.5, 0.6) is 11.5 Å². The van der Waals surface area contributed by atoms with Crippen molar-refractivity contribution in [2.24, 2.45) is 4.99 Å². The second-order valence-electron chi connectivity index (χ2n) is 6.85. The van der Waals surface area contributed by atoms with Gasteiger partial charge < -0.3 is 29.2 Å². The smallest absolute Gasteiger partial charge is 0.194 e. The van der Waals surface area contributed by atoms with E-state index in [1.807, 2.05) is 19.1 Å². The van der Waals surface area contributed by atoms with E-state index in [0.717, 1.165) is 44.1 Å². The van der Waals surface area contributed by atoms with Crippen molar-refractivity contribution in [1.82, 2.24) is 10.2 Å². The molecular weight excluding hydrogens is 509 g/mol. The monoisotopic (exact) mass is 539 g/mol. The molecular formula is C20H31ClIN3O4. The molecule has 2 atom stereocenters. The van der Waals surface area contributed by atoms with Crippen LogP contribution in [0.4, 0.5) is 0 Å². The Hall–Kier alpha value is -0.970. The van der Waals surface area contributed by atoms with Crippen LogP contribution < -0.4 is 14.8 Å². The number of morpholine rings is 1. The average molecular weight is 540 g/mol. The van der Waals surface area contributed by atoms with Crippen LogP contribution in [0.15, 0.2) is 17.1 Å². The van der Waals surface area contributed by atoms with E-state index in [1.165, 1.54) is 0 Å². The SMILES string of the molecule is CCOc1c(Cl)cc(CNC(=NC)N2CCOC(C3CCCO3)C2)cc1OC.I. The Bertz CT molecular complexity index is 686. The van der Waals surface area contributed by atoms with E-state index in [-0.39, 0.29) is 36.2 Å².